The number of carbonyl (C=O) groups is 2. The quantitative estimate of drug-likeness (QED) is 0.775. The molecule has 0 atom stereocenters. The van der Waals surface area contributed by atoms with E-state index in [2.05, 4.69) is 20.2 Å². The van der Waals surface area contributed by atoms with Crippen LogP contribution in [-0.2, 0) is 4.79 Å². The first-order chi connectivity index (χ1) is 13.6. The molecule has 2 aromatic heterocycles. The Balaban J connectivity index is 1.30. The van der Waals surface area contributed by atoms with Gasteiger partial charge in [-0.1, -0.05) is 12.8 Å². The van der Waals surface area contributed by atoms with E-state index in [-0.39, 0.29) is 11.8 Å². The van der Waals surface area contributed by atoms with Gasteiger partial charge in [0.15, 0.2) is 0 Å². The van der Waals surface area contributed by atoms with E-state index >= 15 is 0 Å². The summed E-state index contributed by atoms with van der Waals surface area (Å²) in [7, 11) is 0. The summed E-state index contributed by atoms with van der Waals surface area (Å²) in [6, 6.07) is 1.74. The van der Waals surface area contributed by atoms with Crippen LogP contribution in [0.4, 0.5) is 5.82 Å². The molecule has 0 spiro atoms. The van der Waals surface area contributed by atoms with Crippen LogP contribution in [0, 0.1) is 11.8 Å². The van der Waals surface area contributed by atoms with Crippen molar-refractivity contribution >= 4 is 39.2 Å². The zero-order chi connectivity index (χ0) is 19.5. The van der Waals surface area contributed by atoms with Gasteiger partial charge in [0.2, 0.25) is 5.91 Å². The Morgan fingerprint density at radius 1 is 1.18 bits per heavy atom. The molecule has 0 radical (unpaired) electrons. The number of anilines is 1. The fourth-order valence-electron chi connectivity index (χ4n) is 4.35. The second-order valence-electron chi connectivity index (χ2n) is 7.88. The van der Waals surface area contributed by atoms with Crippen molar-refractivity contribution in [1.29, 1.82) is 0 Å². The van der Waals surface area contributed by atoms with Crippen LogP contribution in [-0.4, -0.2) is 41.4 Å². The molecule has 1 aliphatic heterocycles. The Hall–Kier alpha value is -2.22. The molecular formula is C20H27N5O2S. The summed E-state index contributed by atoms with van der Waals surface area (Å²) in [6.45, 7) is 2.64. The summed E-state index contributed by atoms with van der Waals surface area (Å²) in [5, 5.41) is 3.14. The number of hydrogen-bond donors (Lipinski definition) is 2. The molecule has 1 aliphatic carbocycles. The van der Waals surface area contributed by atoms with E-state index in [1.807, 2.05) is 0 Å². The number of fused-ring (bicyclic) bond motifs is 1. The molecule has 0 bridgehead atoms. The minimum Gasteiger partial charge on any atom is -0.365 e. The van der Waals surface area contributed by atoms with Crippen molar-refractivity contribution < 1.29 is 9.59 Å². The van der Waals surface area contributed by atoms with E-state index in [0.717, 1.165) is 67.8 Å². The SMILES string of the molecule is NC(=O)c1cc2ncnc(N3CCC(CCNC(=O)C4CCCC4)CC3)c2s1. The molecule has 28 heavy (non-hydrogen) atoms. The number of nitrogens with zero attached hydrogens (tertiary/aromatic N) is 3. The van der Waals surface area contributed by atoms with Crippen molar-refractivity contribution in [2.75, 3.05) is 24.5 Å². The monoisotopic (exact) mass is 401 g/mol. The third-order valence-electron chi connectivity index (χ3n) is 6.03. The van der Waals surface area contributed by atoms with E-state index in [9.17, 15) is 9.59 Å². The van der Waals surface area contributed by atoms with E-state index in [1.54, 1.807) is 12.4 Å². The van der Waals surface area contributed by atoms with Crippen molar-refractivity contribution in [2.45, 2.75) is 44.9 Å². The summed E-state index contributed by atoms with van der Waals surface area (Å²) >= 11 is 1.37. The number of amides is 2. The second kappa shape index (κ2) is 8.43. The van der Waals surface area contributed by atoms with Gasteiger partial charge in [-0.3, -0.25) is 9.59 Å². The average molecular weight is 402 g/mol. The zero-order valence-electron chi connectivity index (χ0n) is 16.0. The second-order valence-corrected chi connectivity index (χ2v) is 8.93. The molecule has 1 saturated carbocycles. The molecule has 2 amide bonds. The Bertz CT molecular complexity index is 853. The first-order valence-electron chi connectivity index (χ1n) is 10.2. The highest BCUT2D eigenvalue weighted by molar-refractivity contribution is 7.21. The van der Waals surface area contributed by atoms with Gasteiger partial charge in [0.05, 0.1) is 15.1 Å². The molecule has 2 aliphatic rings. The number of hydrogen-bond acceptors (Lipinski definition) is 6. The number of carbonyl (C=O) groups excluding carboxylic acids is 2. The summed E-state index contributed by atoms with van der Waals surface area (Å²) in [6.07, 6.45) is 9.25. The highest BCUT2D eigenvalue weighted by Crippen LogP contribution is 2.33. The lowest BCUT2D eigenvalue weighted by molar-refractivity contribution is -0.124. The van der Waals surface area contributed by atoms with Crippen LogP contribution in [0.5, 0.6) is 0 Å². The third kappa shape index (κ3) is 4.11. The Kier molecular flexibility index (Phi) is 5.75. The number of rotatable bonds is 6. The summed E-state index contributed by atoms with van der Waals surface area (Å²) < 4.78 is 0.929. The Labute approximate surface area is 168 Å². The molecule has 3 N–H and O–H groups in total. The van der Waals surface area contributed by atoms with Gasteiger partial charge in [-0.05, 0) is 44.1 Å². The number of primary amides is 1. The Morgan fingerprint density at radius 3 is 2.64 bits per heavy atom. The number of piperidine rings is 1. The van der Waals surface area contributed by atoms with Gasteiger partial charge in [-0.25, -0.2) is 9.97 Å². The van der Waals surface area contributed by atoms with Crippen LogP contribution in [0.1, 0.15) is 54.6 Å². The molecule has 2 aromatic rings. The normalized spacial score (nSPS) is 18.6. The topological polar surface area (TPSA) is 101 Å². The molecule has 4 rings (SSSR count). The van der Waals surface area contributed by atoms with Gasteiger partial charge < -0.3 is 16.0 Å². The van der Waals surface area contributed by atoms with E-state index in [4.69, 9.17) is 5.73 Å². The molecule has 1 saturated heterocycles. The van der Waals surface area contributed by atoms with E-state index < -0.39 is 5.91 Å². The summed E-state index contributed by atoms with van der Waals surface area (Å²) in [5.41, 5.74) is 6.19. The number of nitrogens with two attached hydrogens (primary N) is 1. The number of aromatic nitrogens is 2. The molecule has 0 aromatic carbocycles. The van der Waals surface area contributed by atoms with Gasteiger partial charge in [-0.2, -0.15) is 0 Å². The van der Waals surface area contributed by atoms with Crippen molar-refractivity contribution in [3.8, 4) is 0 Å². The van der Waals surface area contributed by atoms with Crippen LogP contribution >= 0.6 is 11.3 Å². The summed E-state index contributed by atoms with van der Waals surface area (Å²) in [5.74, 6) is 1.60. The van der Waals surface area contributed by atoms with Gasteiger partial charge in [-0.15, -0.1) is 11.3 Å². The van der Waals surface area contributed by atoms with Crippen molar-refractivity contribution in [3.05, 3.63) is 17.3 Å². The lowest BCUT2D eigenvalue weighted by Crippen LogP contribution is -2.36. The third-order valence-corrected chi connectivity index (χ3v) is 7.16. The maximum absolute atomic E-state index is 12.1. The first-order valence-corrected chi connectivity index (χ1v) is 11.0. The fraction of sp³-hybridized carbons (Fsp3) is 0.600. The highest BCUT2D eigenvalue weighted by atomic mass is 32.1. The smallest absolute Gasteiger partial charge is 0.258 e. The van der Waals surface area contributed by atoms with E-state index in [0.29, 0.717) is 10.8 Å². The van der Waals surface area contributed by atoms with Gasteiger partial charge >= 0.3 is 0 Å². The van der Waals surface area contributed by atoms with Crippen LogP contribution in [0.2, 0.25) is 0 Å². The lowest BCUT2D eigenvalue weighted by atomic mass is 9.93. The molecule has 2 fully saturated rings. The maximum atomic E-state index is 12.1. The van der Waals surface area contributed by atoms with Crippen LogP contribution in [0.3, 0.4) is 0 Å². The molecule has 0 unspecified atom stereocenters. The van der Waals surface area contributed by atoms with Crippen LogP contribution in [0.15, 0.2) is 12.4 Å². The minimum atomic E-state index is -0.424. The first kappa shape index (κ1) is 19.1. The van der Waals surface area contributed by atoms with E-state index in [1.165, 1.54) is 24.2 Å². The summed E-state index contributed by atoms with van der Waals surface area (Å²) in [4.78, 5) is 35.1. The molecule has 3 heterocycles. The van der Waals surface area contributed by atoms with Crippen molar-refractivity contribution in [1.82, 2.24) is 15.3 Å². The molecule has 7 nitrogen and oxygen atoms in total. The maximum Gasteiger partial charge on any atom is 0.258 e. The lowest BCUT2D eigenvalue weighted by Gasteiger charge is -2.33. The zero-order valence-corrected chi connectivity index (χ0v) is 16.8. The average Bonchev–Trinajstić information content (AvgIpc) is 3.38. The van der Waals surface area contributed by atoms with Gasteiger partial charge in [0.1, 0.15) is 12.1 Å². The number of thiophene rings is 1. The molecular weight excluding hydrogens is 374 g/mol. The highest BCUT2D eigenvalue weighted by Gasteiger charge is 2.25. The predicted octanol–water partition coefficient (Wildman–Crippen LogP) is 2.70. The van der Waals surface area contributed by atoms with Crippen LogP contribution < -0.4 is 16.0 Å². The minimum absolute atomic E-state index is 0.248. The molecule has 150 valence electrons. The fourth-order valence-corrected chi connectivity index (χ4v) is 5.33. The Morgan fingerprint density at radius 2 is 1.93 bits per heavy atom. The van der Waals surface area contributed by atoms with Crippen molar-refractivity contribution in [2.24, 2.45) is 17.6 Å². The van der Waals surface area contributed by atoms with Crippen LogP contribution in [0.25, 0.3) is 10.2 Å². The van der Waals surface area contributed by atoms with Gasteiger partial charge in [0.25, 0.3) is 5.91 Å². The number of nitrogens with one attached hydrogen (secondary N) is 1. The van der Waals surface area contributed by atoms with Crippen molar-refractivity contribution in [3.63, 3.8) is 0 Å². The molecule has 8 heteroatoms. The van der Waals surface area contributed by atoms with Gasteiger partial charge in [0, 0.05) is 25.6 Å². The largest absolute Gasteiger partial charge is 0.365 e. The predicted molar refractivity (Wildman–Crippen MR) is 110 cm³/mol. The standard InChI is InChI=1S/C20H27N5O2S/c21-18(26)16-11-15-17(28-16)19(24-12-23-15)25-9-6-13(7-10-25)5-8-22-20(27)14-3-1-2-4-14/h11-14H,1-10H2,(H2,21,26)(H,22,27).